The van der Waals surface area contributed by atoms with Crippen LogP contribution < -0.4 is 5.32 Å². The summed E-state index contributed by atoms with van der Waals surface area (Å²) in [6.07, 6.45) is 1.30. The highest BCUT2D eigenvalue weighted by Crippen LogP contribution is 2.47. The molecule has 170 valence electrons. The molecule has 5 rings (SSSR count). The number of non-ortho nitro benzene ring substituents is 1. The van der Waals surface area contributed by atoms with E-state index in [1.807, 2.05) is 10.1 Å². The fraction of sp³-hybridized carbons (Fsp3) is 0.348. The van der Waals surface area contributed by atoms with Crippen molar-refractivity contribution in [3.63, 3.8) is 0 Å². The zero-order chi connectivity index (χ0) is 23.3. The molecule has 1 atom stereocenters. The maximum atomic E-state index is 13.3. The highest BCUT2D eigenvalue weighted by atomic mass is 32.2. The summed E-state index contributed by atoms with van der Waals surface area (Å²) in [6, 6.07) is 8.30. The van der Waals surface area contributed by atoms with Gasteiger partial charge in [0, 0.05) is 40.5 Å². The van der Waals surface area contributed by atoms with Crippen molar-refractivity contribution in [2.75, 3.05) is 5.32 Å². The number of rotatable bonds is 5. The molecule has 10 heteroatoms. The second-order valence-electron chi connectivity index (χ2n) is 9.20. The molecule has 1 aliphatic heterocycles. The lowest BCUT2D eigenvalue weighted by Gasteiger charge is -2.38. The summed E-state index contributed by atoms with van der Waals surface area (Å²) in [7, 11) is 0. The number of aryl methyl sites for hydroxylation is 1. The Morgan fingerprint density at radius 3 is 2.70 bits per heavy atom. The third kappa shape index (κ3) is 4.08. The van der Waals surface area contributed by atoms with Crippen molar-refractivity contribution >= 4 is 40.5 Å². The van der Waals surface area contributed by atoms with Crippen LogP contribution in [0.4, 0.5) is 11.6 Å². The zero-order valence-corrected chi connectivity index (χ0v) is 20.1. The van der Waals surface area contributed by atoms with Gasteiger partial charge in [-0.15, -0.1) is 16.4 Å². The zero-order valence-electron chi connectivity index (χ0n) is 18.5. The van der Waals surface area contributed by atoms with Crippen molar-refractivity contribution in [1.82, 2.24) is 14.8 Å². The van der Waals surface area contributed by atoms with Gasteiger partial charge in [-0.1, -0.05) is 37.7 Å². The lowest BCUT2D eigenvalue weighted by molar-refractivity contribution is -0.384. The van der Waals surface area contributed by atoms with Crippen LogP contribution in [0.2, 0.25) is 0 Å². The number of carbonyl (C=O) groups excluding carboxylic acids is 1. The molecule has 3 heterocycles. The summed E-state index contributed by atoms with van der Waals surface area (Å²) < 4.78 is 1.84. The first-order valence-electron chi connectivity index (χ1n) is 10.6. The topological polar surface area (TPSA) is 103 Å². The Hall–Kier alpha value is -2.98. The molecule has 0 spiro atoms. The largest absolute Gasteiger partial charge is 0.328 e. The Morgan fingerprint density at radius 2 is 2.03 bits per heavy atom. The number of hydrogen-bond acceptors (Lipinski definition) is 8. The summed E-state index contributed by atoms with van der Waals surface area (Å²) >= 11 is 3.10. The number of nitrogens with one attached hydrogen (secondary N) is 1. The number of nitro benzene ring substituents is 1. The Labute approximate surface area is 199 Å². The van der Waals surface area contributed by atoms with Crippen molar-refractivity contribution in [2.45, 2.75) is 50.6 Å². The predicted octanol–water partition coefficient (Wildman–Crippen LogP) is 5.51. The number of thioether (sulfide) groups is 1. The Morgan fingerprint density at radius 1 is 1.27 bits per heavy atom. The molecule has 2 aliphatic rings. The minimum absolute atomic E-state index is 0.0712. The summed E-state index contributed by atoms with van der Waals surface area (Å²) in [6.45, 7) is 6.30. The summed E-state index contributed by atoms with van der Waals surface area (Å²) in [5, 5.41) is 21.7. The number of carbonyl (C=O) groups is 1. The number of anilines is 1. The molecule has 0 bridgehead atoms. The smallest absolute Gasteiger partial charge is 0.269 e. The van der Waals surface area contributed by atoms with E-state index in [4.69, 9.17) is 10.1 Å². The van der Waals surface area contributed by atoms with E-state index in [0.717, 1.165) is 33.7 Å². The first-order chi connectivity index (χ1) is 15.7. The van der Waals surface area contributed by atoms with E-state index in [9.17, 15) is 14.9 Å². The van der Waals surface area contributed by atoms with Gasteiger partial charge in [-0.05, 0) is 41.3 Å². The van der Waals surface area contributed by atoms with E-state index < -0.39 is 4.92 Å². The van der Waals surface area contributed by atoms with Crippen molar-refractivity contribution in [3.8, 4) is 0 Å². The highest BCUT2D eigenvalue weighted by Gasteiger charge is 2.42. The van der Waals surface area contributed by atoms with Crippen LogP contribution >= 0.6 is 23.1 Å². The van der Waals surface area contributed by atoms with E-state index in [1.165, 1.54) is 23.9 Å². The molecule has 1 aromatic carbocycles. The molecule has 0 fully saturated rings. The molecule has 33 heavy (non-hydrogen) atoms. The van der Waals surface area contributed by atoms with E-state index >= 15 is 0 Å². The summed E-state index contributed by atoms with van der Waals surface area (Å²) in [5.41, 5.74) is 3.80. The van der Waals surface area contributed by atoms with Crippen LogP contribution in [0.1, 0.15) is 48.7 Å². The number of allylic oxidation sites excluding steroid dienone is 2. The number of Topliss-reactive ketones (excluding diaryl/α,β-unsaturated/α-hetero) is 1. The van der Waals surface area contributed by atoms with Gasteiger partial charge in [-0.3, -0.25) is 14.9 Å². The molecule has 0 saturated carbocycles. The van der Waals surface area contributed by atoms with Crippen LogP contribution in [-0.2, 0) is 10.5 Å². The van der Waals surface area contributed by atoms with Crippen molar-refractivity contribution in [2.24, 2.45) is 5.41 Å². The average Bonchev–Trinajstić information content (AvgIpc) is 3.35. The van der Waals surface area contributed by atoms with Gasteiger partial charge < -0.3 is 5.32 Å². The van der Waals surface area contributed by atoms with Gasteiger partial charge in [0.2, 0.25) is 11.1 Å². The molecule has 0 amide bonds. The molecule has 2 aromatic heterocycles. The Kier molecular flexibility index (Phi) is 5.37. The quantitative estimate of drug-likeness (QED) is 0.291. The molecule has 0 saturated heterocycles. The van der Waals surface area contributed by atoms with Gasteiger partial charge in [-0.2, -0.15) is 4.98 Å². The van der Waals surface area contributed by atoms with Gasteiger partial charge in [0.1, 0.15) is 6.04 Å². The summed E-state index contributed by atoms with van der Waals surface area (Å²) in [4.78, 5) is 29.5. The normalized spacial score (nSPS) is 19.1. The van der Waals surface area contributed by atoms with E-state index in [2.05, 4.69) is 32.2 Å². The molecule has 0 radical (unpaired) electrons. The lowest BCUT2D eigenvalue weighted by atomic mass is 9.73. The van der Waals surface area contributed by atoms with E-state index in [0.29, 0.717) is 23.3 Å². The molecule has 8 nitrogen and oxygen atoms in total. The molecule has 1 N–H and O–H groups in total. The van der Waals surface area contributed by atoms with E-state index in [1.54, 1.807) is 23.5 Å². The predicted molar refractivity (Wildman–Crippen MR) is 129 cm³/mol. The third-order valence-corrected chi connectivity index (χ3v) is 7.96. The number of hydrogen-bond donors (Lipinski definition) is 1. The number of nitro groups is 1. The standard InChI is InChI=1S/C23H23N5O3S2/c1-13-8-9-32-20(13)19-18-16(10-23(2,3)11-17(18)29)24-21-25-22(26-27(19)21)33-12-14-4-6-15(7-5-14)28(30)31/h4-9,19H,10-12H2,1-3H3,(H,24,25,26). The second-order valence-corrected chi connectivity index (χ2v) is 11.1. The lowest BCUT2D eigenvalue weighted by Crippen LogP contribution is -2.36. The van der Waals surface area contributed by atoms with Crippen LogP contribution in [0, 0.1) is 22.5 Å². The van der Waals surface area contributed by atoms with Crippen LogP contribution in [0.3, 0.4) is 0 Å². The number of fused-ring (bicyclic) bond motifs is 1. The molecular formula is C23H23N5O3S2. The first-order valence-corrected chi connectivity index (χ1v) is 12.5. The molecule has 3 aromatic rings. The van der Waals surface area contributed by atoms with Gasteiger partial charge in [0.05, 0.1) is 4.92 Å². The average molecular weight is 482 g/mol. The molecule has 1 unspecified atom stereocenters. The minimum atomic E-state index is -0.405. The van der Waals surface area contributed by atoms with Gasteiger partial charge >= 0.3 is 0 Å². The Bertz CT molecular complexity index is 1290. The van der Waals surface area contributed by atoms with Crippen LogP contribution in [-0.4, -0.2) is 25.5 Å². The third-order valence-electron chi connectivity index (χ3n) is 5.98. The molecule has 1 aliphatic carbocycles. The van der Waals surface area contributed by atoms with Gasteiger partial charge in [0.25, 0.3) is 5.69 Å². The monoisotopic (exact) mass is 481 g/mol. The maximum absolute atomic E-state index is 13.3. The first kappa shape index (κ1) is 21.8. The van der Waals surface area contributed by atoms with Crippen molar-refractivity contribution in [1.29, 1.82) is 0 Å². The second kappa shape index (κ2) is 8.11. The van der Waals surface area contributed by atoms with Crippen LogP contribution in [0.5, 0.6) is 0 Å². The number of nitrogens with zero attached hydrogens (tertiary/aromatic N) is 4. The van der Waals surface area contributed by atoms with Gasteiger partial charge in [-0.25, -0.2) is 4.68 Å². The number of thiophene rings is 1. The van der Waals surface area contributed by atoms with E-state index in [-0.39, 0.29) is 22.9 Å². The number of ketones is 1. The van der Waals surface area contributed by atoms with Crippen molar-refractivity contribution < 1.29 is 9.72 Å². The maximum Gasteiger partial charge on any atom is 0.269 e. The highest BCUT2D eigenvalue weighted by molar-refractivity contribution is 7.98. The number of benzene rings is 1. The Balaban J connectivity index is 1.47. The van der Waals surface area contributed by atoms with Crippen LogP contribution in [0.25, 0.3) is 0 Å². The SMILES string of the molecule is Cc1ccsc1C1C2=C(CC(C)(C)CC2=O)Nc2nc(SCc3ccc([N+](=O)[O-])cc3)nn21. The fourth-order valence-electron chi connectivity index (χ4n) is 4.42. The van der Waals surface area contributed by atoms with Gasteiger partial charge in [0.15, 0.2) is 5.78 Å². The number of aromatic nitrogens is 3. The molecular weight excluding hydrogens is 458 g/mol. The summed E-state index contributed by atoms with van der Waals surface area (Å²) in [5.74, 6) is 1.39. The fourth-order valence-corrected chi connectivity index (χ4v) is 6.22. The van der Waals surface area contributed by atoms with Crippen LogP contribution in [0.15, 0.2) is 52.1 Å². The minimum Gasteiger partial charge on any atom is -0.328 e. The van der Waals surface area contributed by atoms with Crippen molar-refractivity contribution in [3.05, 3.63) is 73.1 Å².